The Morgan fingerprint density at radius 2 is 1.31 bits per heavy atom. The minimum Gasteiger partial charge on any atom is -0.394 e. The maximum absolute atomic E-state index is 11.8. The Hall–Kier alpha value is -1.09. The van der Waals surface area contributed by atoms with Crippen molar-refractivity contribution in [1.82, 2.24) is 5.32 Å². The molecule has 16 nitrogen and oxygen atoms in total. The molecular weight excluding hydrogens is 530 g/mol. The number of nitrogens with one attached hydrogen (secondary N) is 1. The van der Waals surface area contributed by atoms with E-state index >= 15 is 0 Å². The number of carbonyl (C=O) groups excluding carboxylic acids is 1. The van der Waals surface area contributed by atoms with Crippen LogP contribution in [-0.4, -0.2) is 159 Å². The summed E-state index contributed by atoms with van der Waals surface area (Å²) in [6.45, 7) is 3.29. The molecule has 228 valence electrons. The smallest absolute Gasteiger partial charge is 0.217 e. The molecule has 16 heteroatoms. The lowest BCUT2D eigenvalue weighted by molar-refractivity contribution is -0.383. The lowest BCUT2D eigenvalue weighted by Crippen LogP contribution is -2.68. The highest BCUT2D eigenvalue weighted by Crippen LogP contribution is 2.33. The topological polar surface area (TPSA) is 246 Å². The standard InChI is InChI=1S/C23H41NO15/c1-4-5-34-23-20(39-21-12(24-9(3)27)16(31)14(29)10(6-25)36-21)19(13(28)8(2)35-23)38-22-18(33)17(32)15(30)11(7-26)37-22/h8,10-23,25-26,28-33H,4-7H2,1-3H3,(H,24,27)/t8?,10?,11-,12?,13-,14+,15+,16+,17?,18?,19-,20?,21-,22+,23+/m0/s1. The predicted molar refractivity (Wildman–Crippen MR) is 125 cm³/mol. The van der Waals surface area contributed by atoms with E-state index in [-0.39, 0.29) is 6.61 Å². The number of carbonyl (C=O) groups is 1. The van der Waals surface area contributed by atoms with Crippen molar-refractivity contribution in [3.63, 3.8) is 0 Å². The number of aliphatic hydroxyl groups is 8. The predicted octanol–water partition coefficient (Wildman–Crippen LogP) is -4.97. The third-order valence-corrected chi connectivity index (χ3v) is 6.93. The summed E-state index contributed by atoms with van der Waals surface area (Å²) in [5.41, 5.74) is 0. The van der Waals surface area contributed by atoms with E-state index in [9.17, 15) is 45.6 Å². The van der Waals surface area contributed by atoms with E-state index in [2.05, 4.69) is 5.32 Å². The second kappa shape index (κ2) is 14.2. The van der Waals surface area contributed by atoms with Gasteiger partial charge in [0.25, 0.3) is 0 Å². The fourth-order valence-electron chi connectivity index (χ4n) is 4.73. The van der Waals surface area contributed by atoms with E-state index in [1.54, 1.807) is 0 Å². The third-order valence-electron chi connectivity index (χ3n) is 6.93. The van der Waals surface area contributed by atoms with Gasteiger partial charge in [-0.15, -0.1) is 0 Å². The molecule has 39 heavy (non-hydrogen) atoms. The Kier molecular flexibility index (Phi) is 11.8. The average Bonchev–Trinajstić information content (AvgIpc) is 2.90. The molecular formula is C23H41NO15. The van der Waals surface area contributed by atoms with Crippen LogP contribution in [-0.2, 0) is 33.2 Å². The zero-order chi connectivity index (χ0) is 29.0. The Bertz CT molecular complexity index is 776. The molecule has 3 heterocycles. The van der Waals surface area contributed by atoms with E-state index in [4.69, 9.17) is 28.4 Å². The van der Waals surface area contributed by atoms with Gasteiger partial charge < -0.3 is 74.6 Å². The van der Waals surface area contributed by atoms with Gasteiger partial charge in [0.1, 0.15) is 67.1 Å². The summed E-state index contributed by atoms with van der Waals surface area (Å²) in [5, 5.41) is 84.4. The van der Waals surface area contributed by atoms with Gasteiger partial charge in [-0.2, -0.15) is 0 Å². The number of hydrogen-bond donors (Lipinski definition) is 9. The average molecular weight is 572 g/mol. The van der Waals surface area contributed by atoms with E-state index in [0.717, 1.165) is 0 Å². The molecule has 0 spiro atoms. The molecule has 1 amide bonds. The summed E-state index contributed by atoms with van der Waals surface area (Å²) in [6.07, 6.45) is -20.0. The number of aliphatic hydroxyl groups excluding tert-OH is 8. The molecule has 3 rings (SSSR count). The van der Waals surface area contributed by atoms with Gasteiger partial charge in [0, 0.05) is 13.5 Å². The lowest BCUT2D eigenvalue weighted by atomic mass is 9.95. The summed E-state index contributed by atoms with van der Waals surface area (Å²) >= 11 is 0. The number of ether oxygens (including phenoxy) is 6. The Labute approximate surface area is 224 Å². The fraction of sp³-hybridized carbons (Fsp3) is 0.957. The maximum Gasteiger partial charge on any atom is 0.217 e. The van der Waals surface area contributed by atoms with Crippen LogP contribution in [0.3, 0.4) is 0 Å². The van der Waals surface area contributed by atoms with Crippen molar-refractivity contribution in [2.24, 2.45) is 0 Å². The van der Waals surface area contributed by atoms with Gasteiger partial charge in [0.15, 0.2) is 18.9 Å². The molecule has 0 aliphatic carbocycles. The molecule has 0 aromatic rings. The maximum atomic E-state index is 11.8. The molecule has 9 N–H and O–H groups in total. The van der Waals surface area contributed by atoms with Gasteiger partial charge in [0.05, 0.1) is 19.3 Å². The van der Waals surface area contributed by atoms with Crippen LogP contribution in [0.1, 0.15) is 27.2 Å². The highest BCUT2D eigenvalue weighted by molar-refractivity contribution is 5.73. The van der Waals surface area contributed by atoms with Gasteiger partial charge in [-0.05, 0) is 13.3 Å². The summed E-state index contributed by atoms with van der Waals surface area (Å²) in [4.78, 5) is 11.8. The molecule has 0 saturated carbocycles. The second-order valence-corrected chi connectivity index (χ2v) is 9.90. The normalized spacial score (nSPS) is 47.1. The van der Waals surface area contributed by atoms with Crippen molar-refractivity contribution in [2.75, 3.05) is 19.8 Å². The van der Waals surface area contributed by atoms with Crippen LogP contribution in [0, 0.1) is 0 Å². The molecule has 0 aromatic heterocycles. The molecule has 3 aliphatic heterocycles. The van der Waals surface area contributed by atoms with Crippen molar-refractivity contribution in [3.05, 3.63) is 0 Å². The number of hydrogen-bond acceptors (Lipinski definition) is 15. The Morgan fingerprint density at radius 3 is 1.87 bits per heavy atom. The van der Waals surface area contributed by atoms with Crippen molar-refractivity contribution in [3.8, 4) is 0 Å². The van der Waals surface area contributed by atoms with Crippen LogP contribution in [0.4, 0.5) is 0 Å². The third kappa shape index (κ3) is 7.22. The van der Waals surface area contributed by atoms with Gasteiger partial charge in [-0.1, -0.05) is 6.92 Å². The molecule has 0 radical (unpaired) electrons. The van der Waals surface area contributed by atoms with Crippen molar-refractivity contribution in [1.29, 1.82) is 0 Å². The molecule has 0 aromatic carbocycles. The monoisotopic (exact) mass is 571 g/mol. The van der Waals surface area contributed by atoms with Gasteiger partial charge >= 0.3 is 0 Å². The minimum atomic E-state index is -1.79. The number of rotatable bonds is 10. The summed E-state index contributed by atoms with van der Waals surface area (Å²) in [6, 6.07) is -1.34. The van der Waals surface area contributed by atoms with Crippen LogP contribution in [0.15, 0.2) is 0 Å². The Balaban J connectivity index is 1.93. The van der Waals surface area contributed by atoms with E-state index in [0.29, 0.717) is 6.42 Å². The van der Waals surface area contributed by atoms with Crippen LogP contribution in [0.5, 0.6) is 0 Å². The van der Waals surface area contributed by atoms with Crippen LogP contribution < -0.4 is 5.32 Å². The van der Waals surface area contributed by atoms with Gasteiger partial charge in [-0.3, -0.25) is 4.79 Å². The van der Waals surface area contributed by atoms with E-state index in [1.165, 1.54) is 13.8 Å². The van der Waals surface area contributed by atoms with Crippen molar-refractivity contribution >= 4 is 5.91 Å². The lowest BCUT2D eigenvalue weighted by Gasteiger charge is -2.49. The first kappa shape index (κ1) is 32.4. The zero-order valence-corrected chi connectivity index (χ0v) is 21.9. The first-order chi connectivity index (χ1) is 18.4. The summed E-state index contributed by atoms with van der Waals surface area (Å²) < 4.78 is 34.6. The summed E-state index contributed by atoms with van der Waals surface area (Å²) in [7, 11) is 0. The second-order valence-electron chi connectivity index (χ2n) is 9.90. The zero-order valence-electron chi connectivity index (χ0n) is 21.9. The van der Waals surface area contributed by atoms with Gasteiger partial charge in [-0.25, -0.2) is 0 Å². The largest absolute Gasteiger partial charge is 0.394 e. The van der Waals surface area contributed by atoms with Crippen LogP contribution in [0.25, 0.3) is 0 Å². The highest BCUT2D eigenvalue weighted by atomic mass is 16.8. The molecule has 0 bridgehead atoms. The number of amides is 1. The quantitative estimate of drug-likeness (QED) is 0.119. The van der Waals surface area contributed by atoms with E-state index in [1.807, 2.05) is 6.92 Å². The first-order valence-corrected chi connectivity index (χ1v) is 12.9. The van der Waals surface area contributed by atoms with Crippen LogP contribution >= 0.6 is 0 Å². The van der Waals surface area contributed by atoms with Crippen molar-refractivity contribution in [2.45, 2.75) is 119 Å². The molecule has 6 unspecified atom stereocenters. The first-order valence-electron chi connectivity index (χ1n) is 12.9. The fourth-order valence-corrected chi connectivity index (χ4v) is 4.73. The van der Waals surface area contributed by atoms with Crippen LogP contribution in [0.2, 0.25) is 0 Å². The Morgan fingerprint density at radius 1 is 0.744 bits per heavy atom. The van der Waals surface area contributed by atoms with Gasteiger partial charge in [0.2, 0.25) is 5.91 Å². The SMILES string of the molecule is CCCO[C@@H]1OC(C)[C@H](O)[C@H](O[C@H]2O[C@@H](CO)[C@@H](O)C(O)C2O)C1O[C@@H]1OC(CO)[C@@H](O)[C@H](O)C1NC(C)=O. The highest BCUT2D eigenvalue weighted by Gasteiger charge is 2.54. The molecule has 15 atom stereocenters. The molecule has 3 fully saturated rings. The van der Waals surface area contributed by atoms with Crippen molar-refractivity contribution < 1.29 is 74.1 Å². The minimum absolute atomic E-state index is 0.182. The molecule has 3 aliphatic rings. The molecule has 3 saturated heterocycles. The summed E-state index contributed by atoms with van der Waals surface area (Å²) in [5.74, 6) is -0.590. The van der Waals surface area contributed by atoms with E-state index < -0.39 is 111 Å².